The number of nitrogens with two attached hydrogens (primary N) is 1. The van der Waals surface area contributed by atoms with E-state index >= 15 is 0 Å². The number of rotatable bonds is 9. The Hall–Kier alpha value is -1.20. The van der Waals surface area contributed by atoms with Crippen molar-refractivity contribution in [2.24, 2.45) is 5.73 Å². The van der Waals surface area contributed by atoms with Gasteiger partial charge in [0.2, 0.25) is 5.91 Å². The average molecular weight is 333 g/mol. The van der Waals surface area contributed by atoms with Gasteiger partial charge in [0.05, 0.1) is 16.6 Å². The van der Waals surface area contributed by atoms with Crippen molar-refractivity contribution in [3.63, 3.8) is 0 Å². The van der Waals surface area contributed by atoms with E-state index in [1.807, 2.05) is 0 Å². The summed E-state index contributed by atoms with van der Waals surface area (Å²) in [6, 6.07) is 1.64. The highest BCUT2D eigenvalue weighted by Crippen LogP contribution is 2.31. The Morgan fingerprint density at radius 3 is 2.62 bits per heavy atom. The van der Waals surface area contributed by atoms with Crippen molar-refractivity contribution in [1.29, 1.82) is 0 Å². The molecule has 5 nitrogen and oxygen atoms in total. The summed E-state index contributed by atoms with van der Waals surface area (Å²) in [5.74, 6) is 0.692. The summed E-state index contributed by atoms with van der Waals surface area (Å²) in [5, 5.41) is 4.03. The van der Waals surface area contributed by atoms with Crippen LogP contribution in [0, 0.1) is 0 Å². The third-order valence-electron chi connectivity index (χ3n) is 2.88. The van der Waals surface area contributed by atoms with Crippen LogP contribution in [0.15, 0.2) is 6.07 Å². The summed E-state index contributed by atoms with van der Waals surface area (Å²) >= 11 is 12.4. The molecule has 0 bridgehead atoms. The number of aromatic nitrogens is 1. The van der Waals surface area contributed by atoms with Crippen molar-refractivity contribution in [2.75, 3.05) is 29.9 Å². The largest absolute Gasteiger partial charge is 0.369 e. The lowest BCUT2D eigenvalue weighted by molar-refractivity contribution is -0.116. The van der Waals surface area contributed by atoms with Gasteiger partial charge in [0.25, 0.3) is 0 Å². The quantitative estimate of drug-likeness (QED) is 0.727. The number of hydrogen-bond donors (Lipinski definition) is 2. The molecule has 3 N–H and O–H groups in total. The van der Waals surface area contributed by atoms with Gasteiger partial charge in [-0.1, -0.05) is 43.5 Å². The Kier molecular flexibility index (Phi) is 7.61. The summed E-state index contributed by atoms with van der Waals surface area (Å²) in [6.45, 7) is 5.65. The molecule has 1 aromatic rings. The SMILES string of the molecule is CCCCN(CC(N)=O)c1nc(NCCC)c(Cl)cc1Cl. The molecular formula is C14H22Cl2N4O. The second kappa shape index (κ2) is 8.95. The summed E-state index contributed by atoms with van der Waals surface area (Å²) < 4.78 is 0. The van der Waals surface area contributed by atoms with Gasteiger partial charge in [0, 0.05) is 13.1 Å². The maximum absolute atomic E-state index is 11.2. The Balaban J connectivity index is 3.06. The number of nitrogens with one attached hydrogen (secondary N) is 1. The maximum Gasteiger partial charge on any atom is 0.236 e. The molecule has 0 aliphatic rings. The summed E-state index contributed by atoms with van der Waals surface area (Å²) in [4.78, 5) is 17.5. The molecule has 1 heterocycles. The van der Waals surface area contributed by atoms with Crippen molar-refractivity contribution in [3.8, 4) is 0 Å². The van der Waals surface area contributed by atoms with Crippen molar-refractivity contribution in [1.82, 2.24) is 4.98 Å². The average Bonchev–Trinajstić information content (AvgIpc) is 2.42. The summed E-state index contributed by atoms with van der Waals surface area (Å²) in [7, 11) is 0. The predicted octanol–water partition coefficient (Wildman–Crippen LogP) is 3.30. The Bertz CT molecular complexity index is 482. The molecular weight excluding hydrogens is 311 g/mol. The van der Waals surface area contributed by atoms with E-state index in [0.29, 0.717) is 28.2 Å². The van der Waals surface area contributed by atoms with Crippen LogP contribution in [-0.2, 0) is 4.79 Å². The van der Waals surface area contributed by atoms with Gasteiger partial charge in [-0.05, 0) is 18.9 Å². The zero-order valence-corrected chi connectivity index (χ0v) is 14.0. The number of primary amides is 1. The first-order valence-corrected chi connectivity index (χ1v) is 7.88. The highest BCUT2D eigenvalue weighted by atomic mass is 35.5. The number of hydrogen-bond acceptors (Lipinski definition) is 4. The minimum atomic E-state index is -0.415. The van der Waals surface area contributed by atoms with Gasteiger partial charge >= 0.3 is 0 Å². The van der Waals surface area contributed by atoms with Crippen molar-refractivity contribution >= 4 is 40.7 Å². The summed E-state index contributed by atoms with van der Waals surface area (Å²) in [6.07, 6.45) is 2.88. The summed E-state index contributed by atoms with van der Waals surface area (Å²) in [5.41, 5.74) is 5.31. The number of nitrogens with zero attached hydrogens (tertiary/aromatic N) is 2. The Morgan fingerprint density at radius 2 is 2.05 bits per heavy atom. The number of halogens is 2. The van der Waals surface area contributed by atoms with Crippen LogP contribution >= 0.6 is 23.2 Å². The second-order valence-electron chi connectivity index (χ2n) is 4.79. The van der Waals surface area contributed by atoms with Crippen LogP contribution in [-0.4, -0.2) is 30.5 Å². The number of carbonyl (C=O) groups excluding carboxylic acids is 1. The van der Waals surface area contributed by atoms with E-state index in [1.165, 1.54) is 0 Å². The molecule has 7 heteroatoms. The highest BCUT2D eigenvalue weighted by Gasteiger charge is 2.17. The fourth-order valence-electron chi connectivity index (χ4n) is 1.84. The van der Waals surface area contributed by atoms with Gasteiger partial charge in [-0.3, -0.25) is 4.79 Å². The first-order valence-electron chi connectivity index (χ1n) is 7.12. The molecule has 118 valence electrons. The van der Waals surface area contributed by atoms with Crippen LogP contribution in [0.1, 0.15) is 33.1 Å². The molecule has 0 aromatic carbocycles. The number of amides is 1. The number of unbranched alkanes of at least 4 members (excludes halogenated alkanes) is 1. The lowest BCUT2D eigenvalue weighted by Gasteiger charge is -2.24. The smallest absolute Gasteiger partial charge is 0.236 e. The van der Waals surface area contributed by atoms with Gasteiger partial charge in [0.1, 0.15) is 11.6 Å². The lowest BCUT2D eigenvalue weighted by Crippen LogP contribution is -2.35. The van der Waals surface area contributed by atoms with Crippen LogP contribution < -0.4 is 16.0 Å². The fraction of sp³-hybridized carbons (Fsp3) is 0.571. The molecule has 1 aromatic heterocycles. The third kappa shape index (κ3) is 5.59. The molecule has 0 aliphatic carbocycles. The molecule has 0 saturated heterocycles. The van der Waals surface area contributed by atoms with E-state index in [9.17, 15) is 4.79 Å². The standard InChI is InChI=1S/C14H22Cl2N4O/c1-3-5-7-20(9-12(17)21)14-11(16)8-10(15)13(19-14)18-6-4-2/h8H,3-7,9H2,1-2H3,(H2,17,21)(H,18,19). The molecule has 0 spiro atoms. The molecule has 1 amide bonds. The zero-order chi connectivity index (χ0) is 15.8. The normalized spacial score (nSPS) is 10.5. The van der Waals surface area contributed by atoms with Crippen LogP contribution in [0.2, 0.25) is 10.0 Å². The molecule has 21 heavy (non-hydrogen) atoms. The topological polar surface area (TPSA) is 71.2 Å². The van der Waals surface area contributed by atoms with E-state index in [2.05, 4.69) is 24.1 Å². The van der Waals surface area contributed by atoms with E-state index < -0.39 is 5.91 Å². The Labute approximate surface area is 135 Å². The monoisotopic (exact) mass is 332 g/mol. The zero-order valence-electron chi connectivity index (χ0n) is 12.5. The minimum Gasteiger partial charge on any atom is -0.369 e. The second-order valence-corrected chi connectivity index (χ2v) is 5.61. The first kappa shape index (κ1) is 17.9. The molecule has 0 aliphatic heterocycles. The van der Waals surface area contributed by atoms with Crippen LogP contribution in [0.3, 0.4) is 0 Å². The molecule has 0 unspecified atom stereocenters. The van der Waals surface area contributed by atoms with Crippen molar-refractivity contribution in [2.45, 2.75) is 33.1 Å². The van der Waals surface area contributed by atoms with E-state index in [1.54, 1.807) is 11.0 Å². The molecule has 0 radical (unpaired) electrons. The Morgan fingerprint density at radius 1 is 1.33 bits per heavy atom. The molecule has 0 fully saturated rings. The lowest BCUT2D eigenvalue weighted by atomic mass is 10.3. The number of anilines is 2. The third-order valence-corrected chi connectivity index (χ3v) is 3.45. The molecule has 0 atom stereocenters. The van der Waals surface area contributed by atoms with Crippen LogP contribution in [0.4, 0.5) is 11.6 Å². The van der Waals surface area contributed by atoms with E-state index in [4.69, 9.17) is 28.9 Å². The van der Waals surface area contributed by atoms with Gasteiger partial charge in [-0.2, -0.15) is 0 Å². The van der Waals surface area contributed by atoms with Gasteiger partial charge < -0.3 is 16.0 Å². The van der Waals surface area contributed by atoms with Gasteiger partial charge in [0.15, 0.2) is 0 Å². The van der Waals surface area contributed by atoms with E-state index in [-0.39, 0.29) is 6.54 Å². The van der Waals surface area contributed by atoms with Crippen molar-refractivity contribution in [3.05, 3.63) is 16.1 Å². The highest BCUT2D eigenvalue weighted by molar-refractivity contribution is 6.37. The van der Waals surface area contributed by atoms with Gasteiger partial charge in [-0.25, -0.2) is 4.98 Å². The van der Waals surface area contributed by atoms with Crippen LogP contribution in [0.25, 0.3) is 0 Å². The predicted molar refractivity (Wildman–Crippen MR) is 89.4 cm³/mol. The van der Waals surface area contributed by atoms with Crippen molar-refractivity contribution < 1.29 is 4.79 Å². The molecule has 0 saturated carbocycles. The first-order chi connectivity index (χ1) is 9.99. The van der Waals surface area contributed by atoms with Gasteiger partial charge in [-0.15, -0.1) is 0 Å². The molecule has 1 rings (SSSR count). The minimum absolute atomic E-state index is 0.0849. The fourth-order valence-corrected chi connectivity index (χ4v) is 2.39. The number of pyridine rings is 1. The maximum atomic E-state index is 11.2. The number of carbonyl (C=O) groups is 1. The van der Waals surface area contributed by atoms with Crippen LogP contribution in [0.5, 0.6) is 0 Å². The van der Waals surface area contributed by atoms with E-state index in [0.717, 1.165) is 25.8 Å².